The second kappa shape index (κ2) is 7.62. The van der Waals surface area contributed by atoms with Crippen molar-refractivity contribution >= 4 is 23.0 Å². The Labute approximate surface area is 159 Å². The fourth-order valence-electron chi connectivity index (χ4n) is 3.02. The molecule has 9 nitrogen and oxygen atoms in total. The summed E-state index contributed by atoms with van der Waals surface area (Å²) in [6, 6.07) is 7.09. The van der Waals surface area contributed by atoms with E-state index >= 15 is 0 Å². The number of ether oxygens (including phenoxy) is 1. The molecule has 0 amide bonds. The van der Waals surface area contributed by atoms with Gasteiger partial charge in [-0.3, -0.25) is 10.1 Å². The molecule has 4 rings (SSSR count). The zero-order valence-corrected chi connectivity index (χ0v) is 15.1. The lowest BCUT2D eigenvalue weighted by Gasteiger charge is -2.27. The summed E-state index contributed by atoms with van der Waals surface area (Å²) in [5.74, 6) is 0.710. The maximum atomic E-state index is 11.7. The van der Waals surface area contributed by atoms with E-state index in [1.807, 2.05) is 22.4 Å². The molecule has 27 heavy (non-hydrogen) atoms. The lowest BCUT2D eigenvalue weighted by Crippen LogP contribution is -2.30. The average molecular weight is 384 g/mol. The van der Waals surface area contributed by atoms with Crippen LogP contribution < -0.4 is 9.64 Å². The molecular formula is C17H16N6O3S. The highest BCUT2D eigenvalue weighted by atomic mass is 32.1. The Morgan fingerprint density at radius 2 is 1.89 bits per heavy atom. The van der Waals surface area contributed by atoms with Gasteiger partial charge in [0, 0.05) is 24.0 Å². The third-order valence-corrected chi connectivity index (χ3v) is 4.84. The van der Waals surface area contributed by atoms with Crippen LogP contribution in [-0.4, -0.2) is 37.6 Å². The van der Waals surface area contributed by atoms with Crippen LogP contribution in [0.1, 0.15) is 19.3 Å². The van der Waals surface area contributed by atoms with Crippen LogP contribution in [0.5, 0.6) is 11.6 Å². The van der Waals surface area contributed by atoms with Gasteiger partial charge < -0.3 is 9.64 Å². The summed E-state index contributed by atoms with van der Waals surface area (Å²) < 4.78 is 9.56. The number of piperidine rings is 1. The predicted molar refractivity (Wildman–Crippen MR) is 100 cm³/mol. The highest BCUT2D eigenvalue weighted by molar-refractivity contribution is 7.03. The monoisotopic (exact) mass is 384 g/mol. The molecule has 0 saturated carbocycles. The molecule has 10 heteroatoms. The third kappa shape index (κ3) is 3.70. The quantitative estimate of drug-likeness (QED) is 0.484. The molecule has 2 aromatic heterocycles. The molecule has 1 aromatic carbocycles. The maximum Gasteiger partial charge on any atom is 0.373 e. The molecule has 0 unspecified atom stereocenters. The van der Waals surface area contributed by atoms with E-state index in [1.54, 1.807) is 12.1 Å². The van der Waals surface area contributed by atoms with Crippen LogP contribution in [0.3, 0.4) is 0 Å². The van der Waals surface area contributed by atoms with Crippen molar-refractivity contribution < 1.29 is 9.66 Å². The van der Waals surface area contributed by atoms with Gasteiger partial charge in [0.1, 0.15) is 17.8 Å². The summed E-state index contributed by atoms with van der Waals surface area (Å²) in [7, 11) is 0. The van der Waals surface area contributed by atoms with Crippen LogP contribution in [0.4, 0.5) is 11.5 Å². The minimum absolute atomic E-state index is 0.0568. The number of nitrogens with zero attached hydrogens (tertiary/aromatic N) is 6. The highest BCUT2D eigenvalue weighted by Crippen LogP contribution is 2.37. The van der Waals surface area contributed by atoms with E-state index < -0.39 is 4.92 Å². The Kier molecular flexibility index (Phi) is 4.88. The van der Waals surface area contributed by atoms with E-state index in [0.29, 0.717) is 11.6 Å². The lowest BCUT2D eigenvalue weighted by molar-refractivity contribution is -0.385. The van der Waals surface area contributed by atoms with E-state index in [2.05, 4.69) is 19.6 Å². The van der Waals surface area contributed by atoms with Gasteiger partial charge in [-0.25, -0.2) is 4.98 Å². The number of rotatable bonds is 5. The summed E-state index contributed by atoms with van der Waals surface area (Å²) in [6.45, 7) is 1.49. The molecule has 138 valence electrons. The van der Waals surface area contributed by atoms with Gasteiger partial charge in [0.25, 0.3) is 0 Å². The minimum Gasteiger partial charge on any atom is -0.434 e. The molecule has 1 aliphatic rings. The summed E-state index contributed by atoms with van der Waals surface area (Å²) >= 11 is 1.27. The molecule has 0 radical (unpaired) electrons. The minimum atomic E-state index is -0.478. The second-order valence-corrected chi connectivity index (χ2v) is 6.68. The number of aromatic nitrogens is 4. The molecule has 3 aromatic rings. The number of hydrogen-bond donors (Lipinski definition) is 0. The van der Waals surface area contributed by atoms with Crippen molar-refractivity contribution in [1.29, 1.82) is 0 Å². The Bertz CT molecular complexity index is 926. The molecule has 0 aliphatic carbocycles. The fourth-order valence-corrected chi connectivity index (χ4v) is 3.49. The van der Waals surface area contributed by atoms with E-state index in [-0.39, 0.29) is 11.6 Å². The normalized spacial score (nSPS) is 14.1. The van der Waals surface area contributed by atoms with Gasteiger partial charge in [0.2, 0.25) is 5.82 Å². The number of anilines is 1. The summed E-state index contributed by atoms with van der Waals surface area (Å²) in [6.07, 6.45) is 4.41. The van der Waals surface area contributed by atoms with Gasteiger partial charge in [-0.05, 0) is 55.1 Å². The topological polar surface area (TPSA) is 107 Å². The molecule has 1 saturated heterocycles. The number of nitro groups is 1. The SMILES string of the molecule is O=[N+]([O-])c1c(Oc2ccc(-c3csnn3)cc2)ncnc1N1CCCCC1. The van der Waals surface area contributed by atoms with Gasteiger partial charge in [-0.15, -0.1) is 5.10 Å². The Hall–Kier alpha value is -3.14. The van der Waals surface area contributed by atoms with E-state index in [4.69, 9.17) is 4.74 Å². The molecule has 0 spiro atoms. The first kappa shape index (κ1) is 17.3. The molecule has 0 bridgehead atoms. The van der Waals surface area contributed by atoms with Gasteiger partial charge in [0.05, 0.1) is 4.92 Å². The maximum absolute atomic E-state index is 11.7. The molecular weight excluding hydrogens is 368 g/mol. The fraction of sp³-hybridized carbons (Fsp3) is 0.294. The lowest BCUT2D eigenvalue weighted by atomic mass is 10.1. The van der Waals surface area contributed by atoms with Crippen molar-refractivity contribution in [2.75, 3.05) is 18.0 Å². The van der Waals surface area contributed by atoms with Crippen LogP contribution in [-0.2, 0) is 0 Å². The molecule has 1 fully saturated rings. The van der Waals surface area contributed by atoms with Gasteiger partial charge in [0.15, 0.2) is 0 Å². The molecule has 0 N–H and O–H groups in total. The number of hydrogen-bond acceptors (Lipinski definition) is 9. The average Bonchev–Trinajstić information content (AvgIpc) is 3.24. The van der Waals surface area contributed by atoms with Crippen molar-refractivity contribution in [2.24, 2.45) is 0 Å². The first-order valence-electron chi connectivity index (χ1n) is 8.52. The van der Waals surface area contributed by atoms with Crippen molar-refractivity contribution in [2.45, 2.75) is 19.3 Å². The van der Waals surface area contributed by atoms with Gasteiger partial charge in [-0.2, -0.15) is 4.98 Å². The van der Waals surface area contributed by atoms with Crippen molar-refractivity contribution in [3.63, 3.8) is 0 Å². The Balaban J connectivity index is 1.62. The van der Waals surface area contributed by atoms with Crippen LogP contribution in [0.2, 0.25) is 0 Å². The second-order valence-electron chi connectivity index (χ2n) is 6.07. The first-order chi connectivity index (χ1) is 13.2. The van der Waals surface area contributed by atoms with Gasteiger partial charge >= 0.3 is 11.6 Å². The first-order valence-corrected chi connectivity index (χ1v) is 9.36. The van der Waals surface area contributed by atoms with E-state index in [1.165, 1.54) is 17.9 Å². The summed E-state index contributed by atoms with van der Waals surface area (Å²) in [4.78, 5) is 21.3. The Morgan fingerprint density at radius 3 is 2.56 bits per heavy atom. The third-order valence-electron chi connectivity index (χ3n) is 4.33. The zero-order valence-electron chi connectivity index (χ0n) is 14.3. The van der Waals surface area contributed by atoms with E-state index in [9.17, 15) is 10.1 Å². The predicted octanol–water partition coefficient (Wildman–Crippen LogP) is 3.69. The zero-order chi connectivity index (χ0) is 18.6. The summed E-state index contributed by atoms with van der Waals surface area (Å²) in [5.41, 5.74) is 1.46. The molecule has 1 aliphatic heterocycles. The van der Waals surface area contributed by atoms with Crippen LogP contribution >= 0.6 is 11.5 Å². The molecule has 3 heterocycles. The highest BCUT2D eigenvalue weighted by Gasteiger charge is 2.29. The Morgan fingerprint density at radius 1 is 1.11 bits per heavy atom. The van der Waals surface area contributed by atoms with Crippen molar-refractivity contribution in [3.05, 3.63) is 46.1 Å². The van der Waals surface area contributed by atoms with Gasteiger partial charge in [-0.1, -0.05) is 4.49 Å². The summed E-state index contributed by atoms with van der Waals surface area (Å²) in [5, 5.41) is 17.5. The van der Waals surface area contributed by atoms with Crippen LogP contribution in [0.15, 0.2) is 36.0 Å². The van der Waals surface area contributed by atoms with Crippen LogP contribution in [0.25, 0.3) is 11.3 Å². The number of benzene rings is 1. The van der Waals surface area contributed by atoms with Crippen molar-refractivity contribution in [1.82, 2.24) is 19.6 Å². The van der Waals surface area contributed by atoms with Crippen LogP contribution in [0, 0.1) is 10.1 Å². The van der Waals surface area contributed by atoms with E-state index in [0.717, 1.165) is 43.6 Å². The molecule has 0 atom stereocenters. The smallest absolute Gasteiger partial charge is 0.373 e. The van der Waals surface area contributed by atoms with Crippen molar-refractivity contribution in [3.8, 4) is 22.9 Å². The standard InChI is InChI=1S/C17H16N6O3S/c24-23(25)15-16(22-8-2-1-3-9-22)18-11-19-17(15)26-13-6-4-12(5-7-13)14-10-27-21-20-14/h4-7,10-11H,1-3,8-9H2. The largest absolute Gasteiger partial charge is 0.434 e.